The molecule has 2 aromatic heterocycles. The van der Waals surface area contributed by atoms with Crippen molar-refractivity contribution >= 4 is 38.7 Å². The summed E-state index contributed by atoms with van der Waals surface area (Å²) in [6, 6.07) is 14.0. The van der Waals surface area contributed by atoms with Crippen molar-refractivity contribution < 1.29 is 17.6 Å². The molecule has 10 heteroatoms. The van der Waals surface area contributed by atoms with Crippen molar-refractivity contribution in [3.8, 4) is 5.75 Å². The van der Waals surface area contributed by atoms with Crippen LogP contribution in [0.25, 0.3) is 0 Å². The van der Waals surface area contributed by atoms with E-state index in [4.69, 9.17) is 21.4 Å². The van der Waals surface area contributed by atoms with Gasteiger partial charge in [0.2, 0.25) is 10.0 Å². The van der Waals surface area contributed by atoms with Gasteiger partial charge in [0.05, 0.1) is 37.1 Å². The number of sulfonamides is 1. The minimum Gasteiger partial charge on any atom is -0.495 e. The number of ether oxygens (including phenoxy) is 1. The fraction of sp³-hybridized carbons (Fsp3) is 0.200. The van der Waals surface area contributed by atoms with Crippen LogP contribution in [0.2, 0.25) is 0 Å². The van der Waals surface area contributed by atoms with Crippen LogP contribution in [-0.4, -0.2) is 31.9 Å². The lowest BCUT2D eigenvalue weighted by atomic mass is 10.0. The average Bonchev–Trinajstić information content (AvgIpc) is 3.35. The Bertz CT molecular complexity index is 1150. The molecule has 0 amide bonds. The van der Waals surface area contributed by atoms with Gasteiger partial charge >= 0.3 is 0 Å². The summed E-state index contributed by atoms with van der Waals surface area (Å²) in [6.45, 7) is 0. The monoisotopic (exact) mass is 444 g/mol. The van der Waals surface area contributed by atoms with Crippen molar-refractivity contribution in [3.63, 3.8) is 0 Å². The van der Waals surface area contributed by atoms with Crippen LogP contribution in [0.3, 0.4) is 0 Å². The molecule has 1 aliphatic heterocycles. The summed E-state index contributed by atoms with van der Waals surface area (Å²) in [6.07, 6.45) is 4.42. The third-order valence-electron chi connectivity index (χ3n) is 4.69. The lowest BCUT2D eigenvalue weighted by molar-refractivity contribution is 0.416. The number of anilines is 2. The standard InChI is InChI=1S/C20H20N4O4S2/c1-27-16-9-8-13(12-15(16)23-30(2,25)26)24-19(17-7-5-11-28-17)18(22-20(24)29)14-6-3-4-10-21-14/h3-12,18-19,23H,1-2H3,(H,22,29)/t18-,19+/m0/s1. The Kier molecular flexibility index (Phi) is 5.35. The van der Waals surface area contributed by atoms with E-state index < -0.39 is 10.0 Å². The lowest BCUT2D eigenvalue weighted by Crippen LogP contribution is -2.29. The Morgan fingerprint density at radius 1 is 1.23 bits per heavy atom. The number of hydrogen-bond donors (Lipinski definition) is 2. The van der Waals surface area contributed by atoms with Gasteiger partial charge in [-0.05, 0) is 54.7 Å². The largest absolute Gasteiger partial charge is 0.495 e. The highest BCUT2D eigenvalue weighted by atomic mass is 32.2. The van der Waals surface area contributed by atoms with Gasteiger partial charge in [0.25, 0.3) is 0 Å². The van der Waals surface area contributed by atoms with Crippen LogP contribution in [0.1, 0.15) is 23.5 Å². The van der Waals surface area contributed by atoms with Crippen LogP contribution in [-0.2, 0) is 10.0 Å². The molecule has 0 spiro atoms. The normalized spacial score (nSPS) is 18.9. The highest BCUT2D eigenvalue weighted by molar-refractivity contribution is 7.92. The molecule has 3 heterocycles. The predicted molar refractivity (Wildman–Crippen MR) is 118 cm³/mol. The summed E-state index contributed by atoms with van der Waals surface area (Å²) in [7, 11) is -2.02. The van der Waals surface area contributed by atoms with Gasteiger partial charge in [-0.2, -0.15) is 0 Å². The van der Waals surface area contributed by atoms with Crippen LogP contribution >= 0.6 is 12.2 Å². The fourth-order valence-corrected chi connectivity index (χ4v) is 4.41. The number of nitrogens with one attached hydrogen (secondary N) is 2. The molecule has 2 atom stereocenters. The summed E-state index contributed by atoms with van der Waals surface area (Å²) < 4.78 is 37.1. The molecule has 30 heavy (non-hydrogen) atoms. The zero-order valence-electron chi connectivity index (χ0n) is 16.3. The molecule has 0 saturated carbocycles. The van der Waals surface area contributed by atoms with Crippen molar-refractivity contribution in [2.75, 3.05) is 23.0 Å². The van der Waals surface area contributed by atoms with Gasteiger partial charge in [-0.15, -0.1) is 0 Å². The van der Waals surface area contributed by atoms with Crippen molar-refractivity contribution in [3.05, 3.63) is 72.4 Å². The second kappa shape index (κ2) is 7.96. The Hall–Kier alpha value is -3.11. The quantitative estimate of drug-likeness (QED) is 0.560. The van der Waals surface area contributed by atoms with E-state index in [1.807, 2.05) is 41.3 Å². The van der Waals surface area contributed by atoms with E-state index in [-0.39, 0.29) is 12.1 Å². The Balaban J connectivity index is 1.80. The van der Waals surface area contributed by atoms with E-state index in [1.165, 1.54) is 7.11 Å². The summed E-state index contributed by atoms with van der Waals surface area (Å²) in [4.78, 5) is 6.36. The molecular formula is C20H20N4O4S2. The molecule has 0 aliphatic carbocycles. The summed E-state index contributed by atoms with van der Waals surface area (Å²) in [5, 5.41) is 3.79. The Labute approximate surface area is 179 Å². The maximum Gasteiger partial charge on any atom is 0.229 e. The Morgan fingerprint density at radius 2 is 2.07 bits per heavy atom. The molecule has 156 valence electrons. The highest BCUT2D eigenvalue weighted by Gasteiger charge is 2.42. The van der Waals surface area contributed by atoms with Crippen molar-refractivity contribution in [2.24, 2.45) is 0 Å². The third-order valence-corrected chi connectivity index (χ3v) is 5.59. The van der Waals surface area contributed by atoms with Gasteiger partial charge in [0, 0.05) is 11.9 Å². The number of furan rings is 1. The van der Waals surface area contributed by atoms with Gasteiger partial charge in [-0.3, -0.25) is 9.71 Å². The smallest absolute Gasteiger partial charge is 0.229 e. The second-order valence-electron chi connectivity index (χ2n) is 6.77. The average molecular weight is 445 g/mol. The molecule has 0 radical (unpaired) electrons. The molecule has 0 bridgehead atoms. The molecular weight excluding hydrogens is 424 g/mol. The molecule has 1 saturated heterocycles. The summed E-state index contributed by atoms with van der Waals surface area (Å²) in [5.41, 5.74) is 1.81. The van der Waals surface area contributed by atoms with Crippen molar-refractivity contribution in [1.29, 1.82) is 0 Å². The first kappa shape index (κ1) is 20.2. The van der Waals surface area contributed by atoms with Crippen molar-refractivity contribution in [2.45, 2.75) is 12.1 Å². The predicted octanol–water partition coefficient (Wildman–Crippen LogP) is 3.23. The van der Waals surface area contributed by atoms with Gasteiger partial charge in [-0.25, -0.2) is 8.42 Å². The molecule has 2 N–H and O–H groups in total. The van der Waals surface area contributed by atoms with Gasteiger partial charge < -0.3 is 19.4 Å². The number of pyridine rings is 1. The number of rotatable bonds is 6. The molecule has 1 fully saturated rings. The zero-order valence-corrected chi connectivity index (χ0v) is 17.9. The zero-order chi connectivity index (χ0) is 21.3. The fourth-order valence-electron chi connectivity index (χ4n) is 3.51. The number of aromatic nitrogens is 1. The van der Waals surface area contributed by atoms with E-state index in [2.05, 4.69) is 15.0 Å². The Morgan fingerprint density at radius 3 is 2.70 bits per heavy atom. The van der Waals surface area contributed by atoms with Crippen LogP contribution < -0.4 is 19.7 Å². The second-order valence-corrected chi connectivity index (χ2v) is 8.91. The maximum atomic E-state index is 11.8. The maximum absolute atomic E-state index is 11.8. The van der Waals surface area contributed by atoms with E-state index in [0.29, 0.717) is 28.0 Å². The van der Waals surface area contributed by atoms with Gasteiger partial charge in [0.15, 0.2) is 5.11 Å². The number of nitrogens with zero attached hydrogens (tertiary/aromatic N) is 2. The van der Waals surface area contributed by atoms with Crippen molar-refractivity contribution in [1.82, 2.24) is 10.3 Å². The first-order valence-electron chi connectivity index (χ1n) is 9.07. The van der Waals surface area contributed by atoms with Crippen LogP contribution in [0.15, 0.2) is 65.4 Å². The summed E-state index contributed by atoms with van der Waals surface area (Å²) >= 11 is 5.64. The van der Waals surface area contributed by atoms with Crippen LogP contribution in [0.4, 0.5) is 11.4 Å². The lowest BCUT2D eigenvalue weighted by Gasteiger charge is -2.26. The number of thiocarbonyl (C=S) groups is 1. The first-order chi connectivity index (χ1) is 14.4. The van der Waals surface area contributed by atoms with Crippen LogP contribution in [0.5, 0.6) is 5.75 Å². The molecule has 0 unspecified atom stereocenters. The third kappa shape index (κ3) is 3.96. The van der Waals surface area contributed by atoms with E-state index >= 15 is 0 Å². The SMILES string of the molecule is COc1ccc(N2C(=S)N[C@@H](c3ccccn3)[C@H]2c2ccco2)cc1NS(C)(=O)=O. The first-order valence-corrected chi connectivity index (χ1v) is 11.4. The van der Waals surface area contributed by atoms with Gasteiger partial charge in [-0.1, -0.05) is 6.07 Å². The number of benzene rings is 1. The molecule has 4 rings (SSSR count). The number of hydrogen-bond acceptors (Lipinski definition) is 6. The molecule has 3 aromatic rings. The van der Waals surface area contributed by atoms with E-state index in [9.17, 15) is 8.42 Å². The molecule has 8 nitrogen and oxygen atoms in total. The van der Waals surface area contributed by atoms with Gasteiger partial charge in [0.1, 0.15) is 17.6 Å². The molecule has 1 aliphatic rings. The molecule has 1 aromatic carbocycles. The topological polar surface area (TPSA) is 96.7 Å². The minimum absolute atomic E-state index is 0.252. The number of methoxy groups -OCH3 is 1. The highest BCUT2D eigenvalue weighted by Crippen LogP contribution is 2.43. The van der Waals surface area contributed by atoms with E-state index in [0.717, 1.165) is 11.9 Å². The minimum atomic E-state index is -3.50. The van der Waals surface area contributed by atoms with Crippen LogP contribution in [0, 0.1) is 0 Å². The van der Waals surface area contributed by atoms with E-state index in [1.54, 1.807) is 24.6 Å². The summed E-state index contributed by atoms with van der Waals surface area (Å²) in [5.74, 6) is 1.10.